The van der Waals surface area contributed by atoms with Gasteiger partial charge in [-0.05, 0) is 0 Å². The maximum absolute atomic E-state index is 5.89. The monoisotopic (exact) mass is 334 g/mol. The fourth-order valence-corrected chi connectivity index (χ4v) is 3.60. The minimum atomic E-state index is 0.452. The van der Waals surface area contributed by atoms with Crippen LogP contribution in [-0.2, 0) is 0 Å². The van der Waals surface area contributed by atoms with Crippen molar-refractivity contribution in [3.8, 4) is 0 Å². The molecule has 2 aromatic carbocycles. The molecule has 2 heteroatoms. The second kappa shape index (κ2) is 7.35. The predicted octanol–water partition coefficient (Wildman–Crippen LogP) is 4.36. The molecule has 0 heterocycles. The van der Waals surface area contributed by atoms with E-state index in [0.717, 1.165) is 10.3 Å². The van der Waals surface area contributed by atoms with Gasteiger partial charge >= 0.3 is 126 Å². The van der Waals surface area contributed by atoms with Gasteiger partial charge in [0, 0.05) is 0 Å². The zero-order valence-corrected chi connectivity index (χ0v) is 13.0. The molecule has 0 unspecified atom stereocenters. The molecule has 0 radical (unpaired) electrons. The Kier molecular flexibility index (Phi) is 5.47. The summed E-state index contributed by atoms with van der Waals surface area (Å²) in [7, 11) is 0. The van der Waals surface area contributed by atoms with Crippen molar-refractivity contribution in [2.24, 2.45) is 0 Å². The molecule has 2 aromatic rings. The number of hydrogen-bond acceptors (Lipinski definition) is 0. The first-order valence-corrected chi connectivity index (χ1v) is 8.49. The van der Waals surface area contributed by atoms with E-state index in [4.69, 9.17) is 11.6 Å². The molecule has 0 atom stereocenters. The van der Waals surface area contributed by atoms with E-state index in [1.165, 1.54) is 15.6 Å². The Labute approximate surface area is 126 Å². The summed E-state index contributed by atoms with van der Waals surface area (Å²) in [4.78, 5) is 0. The average molecular weight is 334 g/mol. The molecule has 0 amide bonds. The zero-order chi connectivity index (χ0) is 13.5. The average Bonchev–Trinajstić information content (AvgIpc) is 2.46. The van der Waals surface area contributed by atoms with Crippen molar-refractivity contribution in [3.63, 3.8) is 0 Å². The van der Waals surface area contributed by atoms with E-state index < -0.39 is 0 Å². The first-order valence-electron chi connectivity index (χ1n) is 6.04. The topological polar surface area (TPSA) is 0 Å². The van der Waals surface area contributed by atoms with Gasteiger partial charge in [-0.2, -0.15) is 0 Å². The second-order valence-electron chi connectivity index (χ2n) is 4.08. The van der Waals surface area contributed by atoms with Gasteiger partial charge in [0.1, 0.15) is 0 Å². The Morgan fingerprint density at radius 3 is 2.37 bits per heavy atom. The van der Waals surface area contributed by atoms with Gasteiger partial charge in [0.05, 0.1) is 0 Å². The van der Waals surface area contributed by atoms with Gasteiger partial charge < -0.3 is 0 Å². The van der Waals surface area contributed by atoms with Gasteiger partial charge in [-0.3, -0.25) is 0 Å². The van der Waals surface area contributed by atoms with Gasteiger partial charge in [-0.25, -0.2) is 0 Å². The number of benzene rings is 2. The van der Waals surface area contributed by atoms with Crippen LogP contribution in [0.4, 0.5) is 0 Å². The third-order valence-corrected chi connectivity index (χ3v) is 5.16. The van der Waals surface area contributed by atoms with Crippen molar-refractivity contribution in [1.29, 1.82) is 0 Å². The van der Waals surface area contributed by atoms with E-state index in [0.29, 0.717) is 15.0 Å². The number of allylic oxidation sites excluding steroid dienone is 2. The van der Waals surface area contributed by atoms with Crippen molar-refractivity contribution in [2.75, 3.05) is 0 Å². The Hall–Kier alpha value is -1.27. The summed E-state index contributed by atoms with van der Waals surface area (Å²) in [5.41, 5.74) is 2.44. The van der Waals surface area contributed by atoms with Crippen molar-refractivity contribution >= 4 is 37.1 Å². The molecular formula is C17H15ClSe. The first-order chi connectivity index (χ1) is 9.28. The Balaban J connectivity index is 2.04. The van der Waals surface area contributed by atoms with Crippen LogP contribution in [-0.4, -0.2) is 15.0 Å². The molecule has 19 heavy (non-hydrogen) atoms. The molecule has 0 bridgehead atoms. The van der Waals surface area contributed by atoms with E-state index in [-0.39, 0.29) is 0 Å². The number of rotatable bonds is 5. The quantitative estimate of drug-likeness (QED) is 0.563. The van der Waals surface area contributed by atoms with Crippen molar-refractivity contribution in [1.82, 2.24) is 0 Å². The number of hydrogen-bond donors (Lipinski definition) is 0. The fraction of sp³-hybridized carbons (Fsp3) is 0.0588. The minimum absolute atomic E-state index is 0.452. The molecule has 0 spiro atoms. The van der Waals surface area contributed by atoms with Crippen LogP contribution in [0.15, 0.2) is 72.8 Å². The zero-order valence-electron chi connectivity index (χ0n) is 10.6. The summed E-state index contributed by atoms with van der Waals surface area (Å²) in [6.45, 7) is 3.90. The summed E-state index contributed by atoms with van der Waals surface area (Å²) in [6, 6.07) is 18.5. The van der Waals surface area contributed by atoms with Crippen molar-refractivity contribution in [3.05, 3.63) is 83.4 Å². The molecule has 0 saturated carbocycles. The standard InChI is InChI=1S/C17H15ClSe/c1-2-14(12-15-8-10-16(18)11-9-15)13-19-17-6-4-3-5-7-17/h2-12H,1,13H2/b14-12+. The van der Waals surface area contributed by atoms with Crippen LogP contribution in [0.1, 0.15) is 5.56 Å². The molecule has 96 valence electrons. The molecule has 0 fully saturated rings. The summed E-state index contributed by atoms with van der Waals surface area (Å²) in [5, 5.41) is 1.83. The molecule has 2 rings (SSSR count). The number of halogens is 1. The normalized spacial score (nSPS) is 11.3. The molecule has 0 N–H and O–H groups in total. The summed E-state index contributed by atoms with van der Waals surface area (Å²) < 4.78 is 1.42. The fourth-order valence-electron chi connectivity index (χ4n) is 1.62. The summed E-state index contributed by atoms with van der Waals surface area (Å²) in [6.07, 6.45) is 4.12. The van der Waals surface area contributed by atoms with Crippen LogP contribution in [0.25, 0.3) is 6.08 Å². The van der Waals surface area contributed by atoms with E-state index in [9.17, 15) is 0 Å². The van der Waals surface area contributed by atoms with Gasteiger partial charge in [0.25, 0.3) is 0 Å². The molecule has 0 aromatic heterocycles. The third-order valence-electron chi connectivity index (χ3n) is 2.63. The van der Waals surface area contributed by atoms with Crippen LogP contribution in [0.5, 0.6) is 0 Å². The van der Waals surface area contributed by atoms with Crippen LogP contribution in [0.2, 0.25) is 10.3 Å². The Morgan fingerprint density at radius 2 is 1.74 bits per heavy atom. The van der Waals surface area contributed by atoms with Crippen LogP contribution in [0, 0.1) is 0 Å². The van der Waals surface area contributed by atoms with Gasteiger partial charge in [-0.1, -0.05) is 0 Å². The summed E-state index contributed by atoms with van der Waals surface area (Å²) >= 11 is 6.34. The van der Waals surface area contributed by atoms with Crippen LogP contribution < -0.4 is 4.46 Å². The predicted molar refractivity (Wildman–Crippen MR) is 86.3 cm³/mol. The van der Waals surface area contributed by atoms with Gasteiger partial charge in [-0.15, -0.1) is 0 Å². The van der Waals surface area contributed by atoms with E-state index in [1.807, 2.05) is 30.3 Å². The van der Waals surface area contributed by atoms with Gasteiger partial charge in [0.2, 0.25) is 0 Å². The first kappa shape index (κ1) is 14.1. The van der Waals surface area contributed by atoms with Crippen LogP contribution in [0.3, 0.4) is 0 Å². The van der Waals surface area contributed by atoms with Crippen molar-refractivity contribution in [2.45, 2.75) is 5.32 Å². The summed E-state index contributed by atoms with van der Waals surface area (Å²) in [5.74, 6) is 0. The van der Waals surface area contributed by atoms with E-state index >= 15 is 0 Å². The van der Waals surface area contributed by atoms with E-state index in [1.54, 1.807) is 0 Å². The van der Waals surface area contributed by atoms with Crippen molar-refractivity contribution < 1.29 is 0 Å². The molecule has 0 saturated heterocycles. The third kappa shape index (κ3) is 4.72. The molecule has 0 aliphatic carbocycles. The molecule has 0 aliphatic heterocycles. The molecule has 0 nitrogen and oxygen atoms in total. The molecule has 0 aliphatic rings. The second-order valence-corrected chi connectivity index (χ2v) is 6.71. The van der Waals surface area contributed by atoms with Crippen LogP contribution >= 0.6 is 11.6 Å². The SMILES string of the molecule is C=C/C(=C\c1ccc(Cl)cc1)C[Se]c1ccccc1. The molecular weight excluding hydrogens is 319 g/mol. The van der Waals surface area contributed by atoms with E-state index in [2.05, 4.69) is 43.0 Å². The van der Waals surface area contributed by atoms with Gasteiger partial charge in [0.15, 0.2) is 0 Å². The Bertz CT molecular complexity index is 556. The Morgan fingerprint density at radius 1 is 1.05 bits per heavy atom. The maximum atomic E-state index is 5.89.